The highest BCUT2D eigenvalue weighted by atomic mass is 32.2. The number of carbonyl (C=O) groups excluding carboxylic acids is 1. The molecule has 0 bridgehead atoms. The van der Waals surface area contributed by atoms with Crippen molar-refractivity contribution in [3.05, 3.63) is 23.8 Å². The number of benzene rings is 1. The first kappa shape index (κ1) is 14.6. The highest BCUT2D eigenvalue weighted by molar-refractivity contribution is 8.01. The highest BCUT2D eigenvalue weighted by Gasteiger charge is 2.12. The van der Waals surface area contributed by atoms with E-state index in [4.69, 9.17) is 0 Å². The van der Waals surface area contributed by atoms with E-state index in [1.165, 1.54) is 35.2 Å². The van der Waals surface area contributed by atoms with Crippen molar-refractivity contribution < 1.29 is 15.0 Å². The van der Waals surface area contributed by atoms with Gasteiger partial charge >= 0.3 is 0 Å². The molecule has 2 aromatic rings. The number of phenolic OH excluding ortho intramolecular Hbond substituents is 2. The quantitative estimate of drug-likeness (QED) is 0.556. The molecule has 0 unspecified atom stereocenters. The molecular formula is C12H13N3O3S2. The molecule has 20 heavy (non-hydrogen) atoms. The van der Waals surface area contributed by atoms with Gasteiger partial charge in [0.15, 0.2) is 10.1 Å². The summed E-state index contributed by atoms with van der Waals surface area (Å²) in [4.78, 5) is 11.9. The van der Waals surface area contributed by atoms with Crippen LogP contribution in [0.5, 0.6) is 11.5 Å². The fourth-order valence-corrected chi connectivity index (χ4v) is 3.20. The molecule has 0 aliphatic carbocycles. The Bertz CT molecular complexity index is 616. The van der Waals surface area contributed by atoms with Gasteiger partial charge in [-0.05, 0) is 12.1 Å². The number of anilines is 1. The van der Waals surface area contributed by atoms with E-state index in [1.807, 2.05) is 0 Å². The SMILES string of the molecule is CNc1nnc(SCCC(=O)c2ccc(O)cc2O)s1. The second-order valence-corrected chi connectivity index (χ2v) is 6.17. The van der Waals surface area contributed by atoms with Crippen LogP contribution in [0.1, 0.15) is 16.8 Å². The number of aromatic nitrogens is 2. The zero-order valence-corrected chi connectivity index (χ0v) is 12.3. The van der Waals surface area contributed by atoms with Gasteiger partial charge in [0.2, 0.25) is 5.13 Å². The number of phenols is 2. The second kappa shape index (κ2) is 6.58. The summed E-state index contributed by atoms with van der Waals surface area (Å²) < 4.78 is 0.789. The van der Waals surface area contributed by atoms with Crippen LogP contribution in [0, 0.1) is 0 Å². The summed E-state index contributed by atoms with van der Waals surface area (Å²) in [7, 11) is 1.77. The summed E-state index contributed by atoms with van der Waals surface area (Å²) in [6.07, 6.45) is 0.275. The topological polar surface area (TPSA) is 95.3 Å². The number of carbonyl (C=O) groups is 1. The highest BCUT2D eigenvalue weighted by Crippen LogP contribution is 2.27. The lowest BCUT2D eigenvalue weighted by atomic mass is 10.1. The average molecular weight is 311 g/mol. The number of hydrogen-bond donors (Lipinski definition) is 3. The fraction of sp³-hybridized carbons (Fsp3) is 0.250. The molecule has 1 heterocycles. The maximum atomic E-state index is 11.9. The van der Waals surface area contributed by atoms with Gasteiger partial charge in [0.05, 0.1) is 5.56 Å². The molecule has 106 valence electrons. The third kappa shape index (κ3) is 3.61. The number of nitrogens with one attached hydrogen (secondary N) is 1. The number of aromatic hydroxyl groups is 2. The molecule has 0 atom stereocenters. The number of rotatable bonds is 6. The molecule has 8 heteroatoms. The van der Waals surface area contributed by atoms with E-state index in [0.29, 0.717) is 5.75 Å². The minimum absolute atomic E-state index is 0.0677. The predicted octanol–water partition coefficient (Wildman–Crippen LogP) is 2.36. The minimum atomic E-state index is -0.201. The molecular weight excluding hydrogens is 298 g/mol. The van der Waals surface area contributed by atoms with E-state index in [2.05, 4.69) is 15.5 Å². The van der Waals surface area contributed by atoms with E-state index in [-0.39, 0.29) is 29.3 Å². The third-order valence-corrected chi connectivity index (χ3v) is 4.53. The van der Waals surface area contributed by atoms with Crippen LogP contribution in [0.15, 0.2) is 22.5 Å². The molecule has 0 amide bonds. The molecule has 3 N–H and O–H groups in total. The molecule has 0 aliphatic rings. The summed E-state index contributed by atoms with van der Waals surface area (Å²) in [5.41, 5.74) is 0.219. The monoisotopic (exact) mass is 311 g/mol. The van der Waals surface area contributed by atoms with Crippen LogP contribution >= 0.6 is 23.1 Å². The Kier molecular flexibility index (Phi) is 4.80. The zero-order chi connectivity index (χ0) is 14.5. The molecule has 1 aromatic carbocycles. The Hall–Kier alpha value is -1.80. The normalized spacial score (nSPS) is 10.4. The third-order valence-electron chi connectivity index (χ3n) is 2.46. The molecule has 0 saturated heterocycles. The van der Waals surface area contributed by atoms with E-state index in [1.54, 1.807) is 7.05 Å². The Morgan fingerprint density at radius 2 is 2.20 bits per heavy atom. The summed E-state index contributed by atoms with van der Waals surface area (Å²) in [6.45, 7) is 0. The predicted molar refractivity (Wildman–Crippen MR) is 78.9 cm³/mol. The van der Waals surface area contributed by atoms with Crippen LogP contribution in [-0.2, 0) is 0 Å². The Morgan fingerprint density at radius 3 is 2.85 bits per heavy atom. The van der Waals surface area contributed by atoms with Gasteiger partial charge in [-0.3, -0.25) is 4.79 Å². The van der Waals surface area contributed by atoms with Crippen molar-refractivity contribution in [2.24, 2.45) is 0 Å². The summed E-state index contributed by atoms with van der Waals surface area (Å²) in [5.74, 6) is 0.112. The fourth-order valence-electron chi connectivity index (χ4n) is 1.49. The van der Waals surface area contributed by atoms with Crippen LogP contribution in [0.2, 0.25) is 0 Å². The summed E-state index contributed by atoms with van der Waals surface area (Å²) >= 11 is 2.86. The van der Waals surface area contributed by atoms with Crippen LogP contribution in [-0.4, -0.2) is 39.0 Å². The number of nitrogens with zero attached hydrogens (tertiary/aromatic N) is 2. The van der Waals surface area contributed by atoms with Gasteiger partial charge in [0.1, 0.15) is 11.5 Å². The van der Waals surface area contributed by atoms with Crippen molar-refractivity contribution in [1.82, 2.24) is 10.2 Å². The minimum Gasteiger partial charge on any atom is -0.508 e. The zero-order valence-electron chi connectivity index (χ0n) is 10.7. The van der Waals surface area contributed by atoms with Crippen molar-refractivity contribution in [1.29, 1.82) is 0 Å². The standard InChI is InChI=1S/C12H13N3O3S2/c1-13-11-14-15-12(20-11)19-5-4-9(17)8-3-2-7(16)6-10(8)18/h2-3,6,16,18H,4-5H2,1H3,(H,13,14). The largest absolute Gasteiger partial charge is 0.508 e. The maximum Gasteiger partial charge on any atom is 0.206 e. The lowest BCUT2D eigenvalue weighted by molar-refractivity contribution is 0.0987. The van der Waals surface area contributed by atoms with E-state index in [0.717, 1.165) is 15.5 Å². The van der Waals surface area contributed by atoms with Gasteiger partial charge in [-0.2, -0.15) is 0 Å². The Balaban J connectivity index is 1.88. The average Bonchev–Trinajstić information content (AvgIpc) is 2.86. The molecule has 0 aliphatic heterocycles. The van der Waals surface area contributed by atoms with Gasteiger partial charge in [0.25, 0.3) is 0 Å². The van der Waals surface area contributed by atoms with Crippen molar-refractivity contribution in [3.8, 4) is 11.5 Å². The number of hydrogen-bond acceptors (Lipinski definition) is 8. The number of Topliss-reactive ketones (excluding diaryl/α,β-unsaturated/α-hetero) is 1. The number of thioether (sulfide) groups is 1. The molecule has 1 aromatic heterocycles. The second-order valence-electron chi connectivity index (χ2n) is 3.85. The van der Waals surface area contributed by atoms with Crippen molar-refractivity contribution in [2.75, 3.05) is 18.1 Å². The molecule has 0 saturated carbocycles. The molecule has 2 rings (SSSR count). The molecule has 0 radical (unpaired) electrons. The van der Waals surface area contributed by atoms with Crippen molar-refractivity contribution in [3.63, 3.8) is 0 Å². The first-order valence-corrected chi connectivity index (χ1v) is 7.59. The van der Waals surface area contributed by atoms with Gasteiger partial charge in [-0.25, -0.2) is 0 Å². The van der Waals surface area contributed by atoms with Crippen LogP contribution in [0.3, 0.4) is 0 Å². The van der Waals surface area contributed by atoms with Crippen molar-refractivity contribution in [2.45, 2.75) is 10.8 Å². The van der Waals surface area contributed by atoms with E-state index >= 15 is 0 Å². The molecule has 6 nitrogen and oxygen atoms in total. The lowest BCUT2D eigenvalue weighted by Crippen LogP contribution is -2.00. The Labute approximate surface area is 123 Å². The smallest absolute Gasteiger partial charge is 0.206 e. The van der Waals surface area contributed by atoms with Gasteiger partial charge in [0, 0.05) is 25.3 Å². The number of ketones is 1. The van der Waals surface area contributed by atoms with Gasteiger partial charge in [-0.15, -0.1) is 10.2 Å². The van der Waals surface area contributed by atoms with Crippen LogP contribution in [0.4, 0.5) is 5.13 Å². The van der Waals surface area contributed by atoms with Crippen LogP contribution < -0.4 is 5.32 Å². The molecule has 0 fully saturated rings. The summed E-state index contributed by atoms with van der Waals surface area (Å²) in [6, 6.07) is 3.95. The van der Waals surface area contributed by atoms with E-state index in [9.17, 15) is 15.0 Å². The van der Waals surface area contributed by atoms with E-state index < -0.39 is 0 Å². The Morgan fingerprint density at radius 1 is 1.40 bits per heavy atom. The van der Waals surface area contributed by atoms with Crippen LogP contribution in [0.25, 0.3) is 0 Å². The van der Waals surface area contributed by atoms with Crippen molar-refractivity contribution >= 4 is 34.0 Å². The first-order valence-electron chi connectivity index (χ1n) is 5.79. The maximum absolute atomic E-state index is 11.9. The lowest BCUT2D eigenvalue weighted by Gasteiger charge is -2.03. The first-order chi connectivity index (χ1) is 9.60. The van der Waals surface area contributed by atoms with Gasteiger partial charge in [-0.1, -0.05) is 23.1 Å². The van der Waals surface area contributed by atoms with Gasteiger partial charge < -0.3 is 15.5 Å². The molecule has 0 spiro atoms. The summed E-state index contributed by atoms with van der Waals surface area (Å²) in [5, 5.41) is 30.3.